The van der Waals surface area contributed by atoms with E-state index >= 15 is 9.59 Å². The number of aromatic hydroxyl groups is 2. The second kappa shape index (κ2) is 69.5. The van der Waals surface area contributed by atoms with Gasteiger partial charge >= 0.3 is 11.9 Å². The molecule has 0 unspecified atom stereocenters. The highest BCUT2D eigenvalue weighted by Crippen LogP contribution is 2.45. The first kappa shape index (κ1) is 116. The molecule has 0 saturated heterocycles. The lowest BCUT2D eigenvalue weighted by atomic mass is 10.0. The SMILES string of the molecule is CCCCCCCCCCCCOc1cc(C(=O)Oc2ccc(-c3c4nc(c(-c5ccc(O)cc5)c5ccc([nH]5)c(-c5ccc(OC(=O)c6cc(OCCCCCCCCCCCC)c(OCCCCCCCCCCCC)c(OCCCCCCCCCCCC)c6)cc5)c5nc(c(-c6ccc(O)cc6)c6ccc3[nH]6)C=C5)C=C4)cc2)cc(OCCCCCCCCCCCC)c1OCCCCCCCCCCCC. The van der Waals surface area contributed by atoms with E-state index in [9.17, 15) is 10.2 Å². The average molecular weight is 1990 g/mol. The van der Waals surface area contributed by atoms with Gasteiger partial charge in [0.15, 0.2) is 23.0 Å². The number of rotatable bonds is 80. The smallest absolute Gasteiger partial charge is 0.343 e. The van der Waals surface area contributed by atoms with Crippen molar-refractivity contribution in [3.8, 4) is 102 Å². The summed E-state index contributed by atoms with van der Waals surface area (Å²) in [7, 11) is 0. The van der Waals surface area contributed by atoms with Gasteiger partial charge in [-0.1, -0.05) is 437 Å². The van der Waals surface area contributed by atoms with Gasteiger partial charge in [0, 0.05) is 44.3 Å². The fourth-order valence-corrected chi connectivity index (χ4v) is 20.1. The molecule has 16 heteroatoms. The largest absolute Gasteiger partial charge is 0.508 e. The highest BCUT2D eigenvalue weighted by atomic mass is 16.6. The van der Waals surface area contributed by atoms with Crippen molar-refractivity contribution in [3.05, 3.63) is 179 Å². The van der Waals surface area contributed by atoms with Crippen molar-refractivity contribution in [2.45, 2.75) is 427 Å². The molecule has 6 aromatic carbocycles. The normalized spacial score (nSPS) is 11.7. The molecule has 0 amide bonds. The Bertz CT molecular complexity index is 4990. The van der Waals surface area contributed by atoms with Crippen molar-refractivity contribution in [1.82, 2.24) is 19.9 Å². The summed E-state index contributed by atoms with van der Waals surface area (Å²) in [6.07, 6.45) is 80.8. The van der Waals surface area contributed by atoms with Crippen molar-refractivity contribution in [2.75, 3.05) is 39.6 Å². The number of nitrogens with one attached hydrogen (secondary N) is 2. The molecule has 0 saturated carbocycles. The first-order valence-electron chi connectivity index (χ1n) is 58.5. The number of hydrogen-bond donors (Lipinski definition) is 4. The number of H-pyrrole nitrogens is 2. The third-order valence-electron chi connectivity index (χ3n) is 28.8. The summed E-state index contributed by atoms with van der Waals surface area (Å²) in [6.45, 7) is 16.6. The molecule has 5 heterocycles. The Balaban J connectivity index is 0.908. The lowest BCUT2D eigenvalue weighted by molar-refractivity contribution is 0.0724. The maximum Gasteiger partial charge on any atom is 0.343 e. The van der Waals surface area contributed by atoms with E-state index in [0.717, 1.165) is 169 Å². The van der Waals surface area contributed by atoms with E-state index in [1.54, 1.807) is 48.5 Å². The second-order valence-electron chi connectivity index (χ2n) is 41.2. The number of nitrogens with zero attached hydrogens (tertiary/aromatic N) is 2. The average Bonchev–Trinajstić information content (AvgIpc) is 1.61. The minimum absolute atomic E-state index is 0.129. The second-order valence-corrected chi connectivity index (χ2v) is 41.2. The Morgan fingerprint density at radius 1 is 0.226 bits per heavy atom. The van der Waals surface area contributed by atoms with E-state index in [0.29, 0.717) is 120 Å². The Morgan fingerprint density at radius 3 is 0.603 bits per heavy atom. The van der Waals surface area contributed by atoms with Crippen LogP contribution in [0.4, 0.5) is 0 Å². The van der Waals surface area contributed by atoms with Crippen LogP contribution in [0.2, 0.25) is 0 Å². The molecule has 0 aliphatic carbocycles. The van der Waals surface area contributed by atoms with Crippen molar-refractivity contribution in [3.63, 3.8) is 0 Å². The van der Waals surface area contributed by atoms with Gasteiger partial charge in [0.05, 0.1) is 73.5 Å². The molecule has 794 valence electrons. The Kier molecular flexibility index (Phi) is 55.0. The van der Waals surface area contributed by atoms with Gasteiger partial charge in [0.25, 0.3) is 0 Å². The van der Waals surface area contributed by atoms with E-state index in [1.807, 2.05) is 97.1 Å². The number of fused-ring (bicyclic) bond motifs is 8. The number of benzene rings is 6. The molecule has 2 aliphatic heterocycles. The van der Waals surface area contributed by atoms with Crippen LogP contribution in [0.1, 0.15) is 470 Å². The van der Waals surface area contributed by atoms with E-state index in [2.05, 4.69) is 75.8 Å². The highest BCUT2D eigenvalue weighted by molar-refractivity contribution is 6.01. The number of esters is 2. The molecule has 0 atom stereocenters. The zero-order chi connectivity index (χ0) is 102. The predicted octanol–water partition coefficient (Wildman–Crippen LogP) is 39.0. The summed E-state index contributed by atoms with van der Waals surface area (Å²) in [4.78, 5) is 48.9. The van der Waals surface area contributed by atoms with E-state index in [4.69, 9.17) is 47.9 Å². The number of carbonyl (C=O) groups excluding carboxylic acids is 2. The molecule has 3 aromatic heterocycles. The van der Waals surface area contributed by atoms with Gasteiger partial charge in [0.2, 0.25) is 11.5 Å². The van der Waals surface area contributed by atoms with Gasteiger partial charge in [-0.3, -0.25) is 0 Å². The summed E-state index contributed by atoms with van der Waals surface area (Å²) in [5, 5.41) is 21.7. The van der Waals surface area contributed by atoms with Crippen LogP contribution >= 0.6 is 0 Å². The Hall–Kier alpha value is -10.7. The third-order valence-corrected chi connectivity index (χ3v) is 28.8. The van der Waals surface area contributed by atoms with E-state index in [1.165, 1.54) is 283 Å². The number of aromatic nitrogens is 4. The molecule has 16 nitrogen and oxygen atoms in total. The summed E-state index contributed by atoms with van der Waals surface area (Å²) >= 11 is 0. The minimum Gasteiger partial charge on any atom is -0.508 e. The fraction of sp³-hybridized carbons (Fsp3) is 0.554. The number of aromatic amines is 2. The van der Waals surface area contributed by atoms with Gasteiger partial charge in [-0.05, 0) is 182 Å². The summed E-state index contributed by atoms with van der Waals surface area (Å²) < 4.78 is 53.4. The molecular formula is C130H182N4O12. The van der Waals surface area contributed by atoms with E-state index in [-0.39, 0.29) is 11.5 Å². The van der Waals surface area contributed by atoms with Crippen LogP contribution in [0.5, 0.6) is 57.5 Å². The Labute approximate surface area is 878 Å². The maximum atomic E-state index is 15.0. The van der Waals surface area contributed by atoms with Crippen LogP contribution in [-0.2, 0) is 0 Å². The van der Waals surface area contributed by atoms with Gasteiger partial charge in [-0.2, -0.15) is 0 Å². The Morgan fingerprint density at radius 2 is 0.404 bits per heavy atom. The lowest BCUT2D eigenvalue weighted by Crippen LogP contribution is -2.12. The van der Waals surface area contributed by atoms with Crippen molar-refractivity contribution >= 4 is 58.3 Å². The molecule has 4 N–H and O–H groups in total. The molecule has 11 rings (SSSR count). The number of phenols is 2. The van der Waals surface area contributed by atoms with Gasteiger partial charge in [0.1, 0.15) is 23.0 Å². The predicted molar refractivity (Wildman–Crippen MR) is 611 cm³/mol. The standard InChI is InChI=1S/C130H182N4O12/c1-7-13-19-25-31-37-43-49-55-61-91-139-119-97-105(98-120(140-92-62-56-50-44-38-32-26-20-14-8-2)127(119)143-95-65-59-53-47-41-35-29-23-17-11-5)129(137)145-109-79-71-103(72-80-109)125-115-87-83-111(131-115)123(101-67-75-107(135)76-68-101)113-85-89-117(133-113)126(118-90-86-114(134-118)124(112-84-88-116(125)132-112)102-69-77-108(136)78-70-102)104-73-81-110(82-74-104)146-130(138)106-99-121(141-93-63-57-51-45-39-33-27-21-15-9-3)128(144-96-66-60-54-48-42-36-30-24-18-12-6)122(100-106)142-94-64-58-52-46-40-34-28-22-16-10-4/h67-90,97-100,131,134-136H,7-66,91-96H2,1-6H3. The van der Waals surface area contributed by atoms with Crippen molar-refractivity contribution < 1.29 is 57.7 Å². The number of phenolic OH excluding ortho intramolecular Hbond substituents is 2. The quantitative estimate of drug-likeness (QED) is 0.0159. The summed E-state index contributed by atoms with van der Waals surface area (Å²) in [6, 6.07) is 45.0. The van der Waals surface area contributed by atoms with Crippen LogP contribution < -0.4 is 37.9 Å². The molecule has 2 aliphatic rings. The molecular weight excluding hydrogens is 1810 g/mol. The zero-order valence-electron chi connectivity index (χ0n) is 90.7. The third kappa shape index (κ3) is 40.7. The molecule has 9 aromatic rings. The number of carbonyl (C=O) groups is 2. The van der Waals surface area contributed by atoms with Crippen molar-refractivity contribution in [1.29, 1.82) is 0 Å². The van der Waals surface area contributed by atoms with Crippen LogP contribution in [0.25, 0.3) is 90.9 Å². The molecule has 0 fully saturated rings. The summed E-state index contributed by atoms with van der Waals surface area (Å²) in [5.41, 5.74) is 12.6. The molecule has 146 heavy (non-hydrogen) atoms. The molecule has 8 bridgehead atoms. The molecule has 0 spiro atoms. The van der Waals surface area contributed by atoms with Crippen LogP contribution in [-0.4, -0.2) is 81.7 Å². The summed E-state index contributed by atoms with van der Waals surface area (Å²) in [5.74, 6) is 2.94. The number of ether oxygens (including phenoxy) is 8. The van der Waals surface area contributed by atoms with Crippen LogP contribution in [0.15, 0.2) is 146 Å². The minimum atomic E-state index is -0.547. The number of unbranched alkanes of at least 4 members (excludes halogenated alkanes) is 54. The highest BCUT2D eigenvalue weighted by Gasteiger charge is 2.27. The zero-order valence-corrected chi connectivity index (χ0v) is 90.7. The fourth-order valence-electron chi connectivity index (χ4n) is 20.1. The topological polar surface area (TPSA) is 206 Å². The van der Waals surface area contributed by atoms with Gasteiger partial charge in [-0.15, -0.1) is 0 Å². The van der Waals surface area contributed by atoms with Crippen LogP contribution in [0.3, 0.4) is 0 Å². The first-order valence-corrected chi connectivity index (χ1v) is 58.5. The number of hydrogen-bond acceptors (Lipinski definition) is 14. The van der Waals surface area contributed by atoms with Crippen LogP contribution in [0, 0.1) is 0 Å². The van der Waals surface area contributed by atoms with Gasteiger partial charge < -0.3 is 58.1 Å². The monoisotopic (exact) mass is 1990 g/mol. The maximum absolute atomic E-state index is 15.0. The van der Waals surface area contributed by atoms with Crippen molar-refractivity contribution in [2.24, 2.45) is 0 Å². The van der Waals surface area contributed by atoms with Gasteiger partial charge in [-0.25, -0.2) is 19.6 Å². The first-order chi connectivity index (χ1) is 72.0. The molecule has 0 radical (unpaired) electrons. The lowest BCUT2D eigenvalue weighted by Gasteiger charge is -2.19. The van der Waals surface area contributed by atoms with E-state index < -0.39 is 11.9 Å².